The van der Waals surface area contributed by atoms with E-state index in [1.807, 2.05) is 0 Å². The van der Waals surface area contributed by atoms with E-state index in [1.54, 1.807) is 56.5 Å². The highest BCUT2D eigenvalue weighted by atomic mass is 32.1. The van der Waals surface area contributed by atoms with Crippen molar-refractivity contribution < 1.29 is 24.4 Å². The number of thiazole rings is 1. The molecule has 1 aliphatic heterocycles. The van der Waals surface area contributed by atoms with Gasteiger partial charge in [0.1, 0.15) is 5.75 Å². The van der Waals surface area contributed by atoms with Crippen molar-refractivity contribution in [3.8, 4) is 5.75 Å². The third-order valence-corrected chi connectivity index (χ3v) is 6.23. The molecule has 0 saturated heterocycles. The van der Waals surface area contributed by atoms with Crippen LogP contribution in [0.15, 0.2) is 69.6 Å². The van der Waals surface area contributed by atoms with Gasteiger partial charge in [-0.05, 0) is 36.3 Å². The van der Waals surface area contributed by atoms with Crippen LogP contribution in [0.25, 0.3) is 6.08 Å². The molecule has 33 heavy (non-hydrogen) atoms. The second-order valence-electron chi connectivity index (χ2n) is 7.21. The van der Waals surface area contributed by atoms with Gasteiger partial charge in [0.25, 0.3) is 10.5 Å². The molecule has 0 aliphatic carbocycles. The Kier molecular flexibility index (Phi) is 5.93. The van der Waals surface area contributed by atoms with Crippen LogP contribution >= 0.6 is 11.3 Å². The van der Waals surface area contributed by atoms with Crippen molar-refractivity contribution >= 4 is 29.1 Å². The molecule has 1 N–H and O–H groups in total. The minimum absolute atomic E-state index is 0.0384. The van der Waals surface area contributed by atoms with Crippen molar-refractivity contribution in [1.82, 2.24) is 4.57 Å². The summed E-state index contributed by atoms with van der Waals surface area (Å²) in [4.78, 5) is 42.0. The van der Waals surface area contributed by atoms with Gasteiger partial charge in [0, 0.05) is 12.1 Å². The van der Waals surface area contributed by atoms with Crippen molar-refractivity contribution in [3.05, 3.63) is 95.5 Å². The Hall–Kier alpha value is -4.05. The molecule has 1 aliphatic rings. The molecule has 0 amide bonds. The number of allylic oxidation sites excluding steroid dienone is 1. The van der Waals surface area contributed by atoms with Gasteiger partial charge in [0.2, 0.25) is 0 Å². The summed E-state index contributed by atoms with van der Waals surface area (Å²) in [5.41, 5.74) is 1.67. The number of methoxy groups -OCH3 is 2. The van der Waals surface area contributed by atoms with Crippen LogP contribution in [-0.4, -0.2) is 34.9 Å². The first-order chi connectivity index (χ1) is 15.8. The minimum atomic E-state index is -0.734. The predicted molar refractivity (Wildman–Crippen MR) is 120 cm³/mol. The van der Waals surface area contributed by atoms with Gasteiger partial charge in [-0.1, -0.05) is 35.6 Å². The zero-order valence-corrected chi connectivity index (χ0v) is 18.8. The molecular formula is C23H20N3O6S+. The summed E-state index contributed by atoms with van der Waals surface area (Å²) in [6.45, 7) is 1.70. The van der Waals surface area contributed by atoms with E-state index in [9.17, 15) is 14.5 Å². The fourth-order valence-corrected chi connectivity index (χ4v) is 4.73. The monoisotopic (exact) mass is 466 g/mol. The number of hydrogen-bond acceptors (Lipinski definition) is 7. The maximum atomic E-state index is 13.5. The third-order valence-electron chi connectivity index (χ3n) is 5.25. The van der Waals surface area contributed by atoms with E-state index in [2.05, 4.69) is 4.99 Å². The number of esters is 1. The number of aromatic nitrogens is 1. The van der Waals surface area contributed by atoms with Gasteiger partial charge in [0.15, 0.2) is 4.80 Å². The average molecular weight is 466 g/mol. The number of fused-ring (bicyclic) bond motifs is 1. The summed E-state index contributed by atoms with van der Waals surface area (Å²) in [5, 5.41) is 9.16. The van der Waals surface area contributed by atoms with E-state index in [0.29, 0.717) is 31.9 Å². The van der Waals surface area contributed by atoms with Crippen LogP contribution in [0, 0.1) is 4.91 Å². The molecule has 0 spiro atoms. The molecule has 10 heteroatoms. The smallest absolute Gasteiger partial charge is 0.338 e. The lowest BCUT2D eigenvalue weighted by Crippen LogP contribution is -2.39. The van der Waals surface area contributed by atoms with Crippen molar-refractivity contribution in [1.29, 1.82) is 0 Å². The first-order valence-corrected chi connectivity index (χ1v) is 10.7. The van der Waals surface area contributed by atoms with E-state index in [1.165, 1.54) is 35.1 Å². The van der Waals surface area contributed by atoms with Crippen LogP contribution in [0.5, 0.6) is 5.75 Å². The molecule has 1 unspecified atom stereocenters. The molecule has 1 atom stereocenters. The molecule has 0 radical (unpaired) electrons. The molecule has 9 nitrogen and oxygen atoms in total. The highest BCUT2D eigenvalue weighted by Crippen LogP contribution is 2.31. The normalized spacial score (nSPS) is 15.6. The van der Waals surface area contributed by atoms with E-state index in [0.717, 1.165) is 0 Å². The van der Waals surface area contributed by atoms with Crippen molar-refractivity contribution in [2.75, 3.05) is 14.2 Å². The molecule has 168 valence electrons. The van der Waals surface area contributed by atoms with Gasteiger partial charge in [-0.25, -0.2) is 15.0 Å². The van der Waals surface area contributed by atoms with E-state index in [4.69, 9.17) is 14.7 Å². The van der Waals surface area contributed by atoms with E-state index < -0.39 is 12.0 Å². The van der Waals surface area contributed by atoms with Crippen LogP contribution in [-0.2, 0) is 9.53 Å². The highest BCUT2D eigenvalue weighted by molar-refractivity contribution is 7.07. The van der Waals surface area contributed by atoms with Crippen molar-refractivity contribution in [2.24, 2.45) is 4.99 Å². The molecule has 0 bridgehead atoms. The average Bonchev–Trinajstić information content (AvgIpc) is 3.12. The molecule has 1 aromatic heterocycles. The van der Waals surface area contributed by atoms with Gasteiger partial charge in [-0.2, -0.15) is 0 Å². The van der Waals surface area contributed by atoms with Crippen LogP contribution in [0.4, 0.5) is 5.69 Å². The number of carbonyl (C=O) groups is 1. The topological polar surface area (TPSA) is 110 Å². The Morgan fingerprint density at radius 1 is 1.21 bits per heavy atom. The first kappa shape index (κ1) is 22.2. The Morgan fingerprint density at radius 3 is 2.58 bits per heavy atom. The number of benzene rings is 2. The standard InChI is InChI=1S/C23H20N3O6S/c1-13-19(22(28)32-3)20(15-7-9-17(31-2)10-8-15)25-21(27)18(33-23(25)24-13)12-14-5-4-6-16(11-14)26(29)30/h4-12,20H,1-3H3,(H,29,30)/q+1/b18-12-. The second-order valence-corrected chi connectivity index (χ2v) is 8.22. The number of rotatable bonds is 5. The molecule has 4 rings (SSSR count). The van der Waals surface area contributed by atoms with Gasteiger partial charge in [0.05, 0.1) is 41.0 Å². The number of nitrogens with zero attached hydrogens (tertiary/aromatic N) is 3. The SMILES string of the molecule is COC(=O)C1=C(C)N=c2s/c(=C\c3cccc([N+](=O)O)c3)c(=O)n2C1c1ccc(OC)cc1. The summed E-state index contributed by atoms with van der Waals surface area (Å²) >= 11 is 1.17. The summed E-state index contributed by atoms with van der Waals surface area (Å²) in [5.74, 6) is 0.0696. The Labute approximate surface area is 191 Å². The molecule has 0 saturated carbocycles. The largest absolute Gasteiger partial charge is 0.497 e. The second kappa shape index (κ2) is 8.83. The van der Waals surface area contributed by atoms with Crippen LogP contribution in [0.3, 0.4) is 0 Å². The lowest BCUT2D eigenvalue weighted by atomic mass is 9.96. The van der Waals surface area contributed by atoms with Crippen molar-refractivity contribution in [2.45, 2.75) is 13.0 Å². The molecular weight excluding hydrogens is 446 g/mol. The highest BCUT2D eigenvalue weighted by Gasteiger charge is 2.33. The predicted octanol–water partition coefficient (Wildman–Crippen LogP) is 2.22. The maximum Gasteiger partial charge on any atom is 0.338 e. The number of hydrogen-bond donors (Lipinski definition) is 1. The fourth-order valence-electron chi connectivity index (χ4n) is 3.68. The minimum Gasteiger partial charge on any atom is -0.497 e. The maximum absolute atomic E-state index is 13.5. The summed E-state index contributed by atoms with van der Waals surface area (Å²) in [7, 11) is 2.84. The van der Waals surface area contributed by atoms with Crippen LogP contribution < -0.4 is 19.6 Å². The quantitative estimate of drug-likeness (QED) is 0.456. The first-order valence-electron chi connectivity index (χ1n) is 9.85. The number of carbonyl (C=O) groups excluding carboxylic acids is 1. The molecule has 0 fully saturated rings. The summed E-state index contributed by atoms with van der Waals surface area (Å²) in [6, 6.07) is 12.6. The summed E-state index contributed by atoms with van der Waals surface area (Å²) < 4.78 is 12.0. The fraction of sp³-hybridized carbons (Fsp3) is 0.174. The lowest BCUT2D eigenvalue weighted by Gasteiger charge is -2.24. The Balaban J connectivity index is 1.94. The zero-order valence-electron chi connectivity index (χ0n) is 18.0. The van der Waals surface area contributed by atoms with Crippen LogP contribution in [0.2, 0.25) is 0 Å². The Bertz CT molecular complexity index is 1470. The lowest BCUT2D eigenvalue weighted by molar-refractivity contribution is -0.729. The van der Waals surface area contributed by atoms with Crippen molar-refractivity contribution in [3.63, 3.8) is 0 Å². The van der Waals surface area contributed by atoms with Gasteiger partial charge < -0.3 is 9.47 Å². The van der Waals surface area contributed by atoms with E-state index >= 15 is 0 Å². The third kappa shape index (κ3) is 4.08. The van der Waals surface area contributed by atoms with E-state index in [-0.39, 0.29) is 21.7 Å². The zero-order chi connectivity index (χ0) is 23.7. The molecule has 3 aromatic rings. The molecule has 2 aromatic carbocycles. The van der Waals surface area contributed by atoms with Gasteiger partial charge in [-0.15, -0.1) is 0 Å². The van der Waals surface area contributed by atoms with Gasteiger partial charge in [-0.3, -0.25) is 9.36 Å². The Morgan fingerprint density at radius 2 is 1.94 bits per heavy atom. The summed E-state index contributed by atoms with van der Waals surface area (Å²) in [6.07, 6.45) is 1.61. The molecule has 2 heterocycles. The van der Waals surface area contributed by atoms with Crippen LogP contribution in [0.1, 0.15) is 24.1 Å². The number of ether oxygens (including phenoxy) is 2. The van der Waals surface area contributed by atoms with Gasteiger partial charge >= 0.3 is 11.7 Å².